The minimum atomic E-state index is -0.932. The molecule has 0 saturated heterocycles. The van der Waals surface area contributed by atoms with Crippen LogP contribution in [0.5, 0.6) is 5.75 Å². The van der Waals surface area contributed by atoms with Crippen LogP contribution in [0.1, 0.15) is 70.0 Å². The Bertz CT molecular complexity index is 1150. The molecule has 36 heavy (non-hydrogen) atoms. The molecule has 1 unspecified atom stereocenters. The van der Waals surface area contributed by atoms with Crippen molar-refractivity contribution in [1.82, 2.24) is 0 Å². The summed E-state index contributed by atoms with van der Waals surface area (Å²) in [5.41, 5.74) is 3.74. The number of carboxylic acids is 2. The minimum absolute atomic E-state index is 0.202. The van der Waals surface area contributed by atoms with Crippen molar-refractivity contribution in [3.8, 4) is 5.75 Å². The lowest BCUT2D eigenvalue weighted by atomic mass is 9.91. The first-order valence-electron chi connectivity index (χ1n) is 12.5. The van der Waals surface area contributed by atoms with E-state index < -0.39 is 11.9 Å². The van der Waals surface area contributed by atoms with Crippen molar-refractivity contribution < 1.29 is 24.5 Å². The fourth-order valence-electron chi connectivity index (χ4n) is 4.04. The lowest BCUT2D eigenvalue weighted by Crippen LogP contribution is -2.05. The Kier molecular flexibility index (Phi) is 10.3. The van der Waals surface area contributed by atoms with Crippen LogP contribution < -0.4 is 4.74 Å². The molecule has 0 aromatic heterocycles. The van der Waals surface area contributed by atoms with Crippen molar-refractivity contribution in [2.24, 2.45) is 5.92 Å². The Hall–Kier alpha value is -3.86. The van der Waals surface area contributed by atoms with Gasteiger partial charge in [0.2, 0.25) is 0 Å². The lowest BCUT2D eigenvalue weighted by molar-refractivity contribution is 0.0686. The summed E-state index contributed by atoms with van der Waals surface area (Å²) in [5.74, 6) is -0.784. The number of hydrogen-bond donors (Lipinski definition) is 2. The molecule has 0 saturated carbocycles. The second-order valence-electron chi connectivity index (χ2n) is 8.96. The molecule has 0 aliphatic rings. The molecule has 0 radical (unpaired) electrons. The zero-order valence-electron chi connectivity index (χ0n) is 20.7. The van der Waals surface area contributed by atoms with E-state index in [9.17, 15) is 14.7 Å². The number of allylic oxidation sites excluding steroid dienone is 1. The molecule has 5 heteroatoms. The standard InChI is InChI=1S/C31H34O5/c1-2-3-6-21-36-29-8-5-4-7-26(29)16-13-24(22-25-14-19-28(20-15-25)31(34)35)10-9-23-11-17-27(18-12-23)30(32)33/h4-5,7-8,11-20,24H,2-3,6,9-10,21-22H2,1H3,(H,32,33)(H,34,35)/b16-13+. The van der Waals surface area contributed by atoms with Gasteiger partial charge in [-0.25, -0.2) is 9.59 Å². The monoisotopic (exact) mass is 486 g/mol. The van der Waals surface area contributed by atoms with Crippen LogP contribution in [0, 0.1) is 5.92 Å². The molecule has 2 N–H and O–H groups in total. The van der Waals surface area contributed by atoms with Gasteiger partial charge in [0.05, 0.1) is 17.7 Å². The van der Waals surface area contributed by atoms with Gasteiger partial charge < -0.3 is 14.9 Å². The van der Waals surface area contributed by atoms with E-state index in [4.69, 9.17) is 9.84 Å². The van der Waals surface area contributed by atoms with E-state index in [0.29, 0.717) is 6.61 Å². The van der Waals surface area contributed by atoms with E-state index >= 15 is 0 Å². The molecule has 0 aliphatic heterocycles. The fraction of sp³-hybridized carbons (Fsp3) is 0.290. The fourth-order valence-corrected chi connectivity index (χ4v) is 4.04. The van der Waals surface area contributed by atoms with Crippen LogP contribution in [0.25, 0.3) is 6.08 Å². The number of unbranched alkanes of at least 4 members (excludes halogenated alkanes) is 2. The lowest BCUT2D eigenvalue weighted by Gasteiger charge is -2.15. The van der Waals surface area contributed by atoms with E-state index in [0.717, 1.165) is 61.0 Å². The van der Waals surface area contributed by atoms with Gasteiger partial charge in [-0.2, -0.15) is 0 Å². The molecule has 1 atom stereocenters. The van der Waals surface area contributed by atoms with Crippen LogP contribution in [-0.4, -0.2) is 28.8 Å². The van der Waals surface area contributed by atoms with Crippen LogP contribution >= 0.6 is 0 Å². The van der Waals surface area contributed by atoms with E-state index in [2.05, 4.69) is 25.1 Å². The normalized spacial score (nSPS) is 11.9. The summed E-state index contributed by atoms with van der Waals surface area (Å²) < 4.78 is 6.03. The maximum absolute atomic E-state index is 11.2. The highest BCUT2D eigenvalue weighted by Gasteiger charge is 2.10. The number of carbonyl (C=O) groups is 2. The predicted molar refractivity (Wildman–Crippen MR) is 143 cm³/mol. The van der Waals surface area contributed by atoms with Gasteiger partial charge in [-0.1, -0.05) is 74.4 Å². The molecule has 3 rings (SSSR count). The van der Waals surface area contributed by atoms with Crippen molar-refractivity contribution in [2.45, 2.75) is 45.4 Å². The summed E-state index contributed by atoms with van der Waals surface area (Å²) in [6.45, 7) is 2.87. The third kappa shape index (κ3) is 8.42. The van der Waals surface area contributed by atoms with Crippen LogP contribution in [0.15, 0.2) is 78.9 Å². The van der Waals surface area contributed by atoms with Crippen molar-refractivity contribution in [3.05, 3.63) is 107 Å². The number of carboxylic acid groups (broad SMARTS) is 2. The largest absolute Gasteiger partial charge is 0.493 e. The zero-order chi connectivity index (χ0) is 25.8. The van der Waals surface area contributed by atoms with Crippen molar-refractivity contribution >= 4 is 18.0 Å². The molecule has 0 heterocycles. The van der Waals surface area contributed by atoms with E-state index in [1.807, 2.05) is 42.5 Å². The minimum Gasteiger partial charge on any atom is -0.493 e. The Morgan fingerprint density at radius 1 is 0.833 bits per heavy atom. The quantitative estimate of drug-likeness (QED) is 0.236. The van der Waals surface area contributed by atoms with Gasteiger partial charge in [0.1, 0.15) is 5.75 Å². The van der Waals surface area contributed by atoms with Gasteiger partial charge in [-0.15, -0.1) is 0 Å². The van der Waals surface area contributed by atoms with E-state index in [1.54, 1.807) is 24.3 Å². The van der Waals surface area contributed by atoms with Crippen molar-refractivity contribution in [1.29, 1.82) is 0 Å². The highest BCUT2D eigenvalue weighted by molar-refractivity contribution is 5.88. The molecule has 0 spiro atoms. The number of ether oxygens (including phenoxy) is 1. The molecule has 0 amide bonds. The van der Waals surface area contributed by atoms with Crippen molar-refractivity contribution in [2.75, 3.05) is 6.61 Å². The summed E-state index contributed by atoms with van der Waals surface area (Å²) in [7, 11) is 0. The zero-order valence-corrected chi connectivity index (χ0v) is 20.7. The van der Waals surface area contributed by atoms with Crippen LogP contribution in [0.2, 0.25) is 0 Å². The van der Waals surface area contributed by atoms with E-state index in [-0.39, 0.29) is 17.0 Å². The molecule has 188 valence electrons. The molecule has 0 fully saturated rings. The summed E-state index contributed by atoms with van der Waals surface area (Å²) in [6.07, 6.45) is 10.1. The summed E-state index contributed by atoms with van der Waals surface area (Å²) >= 11 is 0. The highest BCUT2D eigenvalue weighted by Crippen LogP contribution is 2.24. The number of aromatic carboxylic acids is 2. The Balaban J connectivity index is 1.75. The third-order valence-electron chi connectivity index (χ3n) is 6.18. The topological polar surface area (TPSA) is 83.8 Å². The number of aryl methyl sites for hydroxylation is 1. The maximum atomic E-state index is 11.2. The molecule has 0 bridgehead atoms. The number of benzene rings is 3. The van der Waals surface area contributed by atoms with Crippen LogP contribution in [0.4, 0.5) is 0 Å². The maximum Gasteiger partial charge on any atom is 0.335 e. The van der Waals surface area contributed by atoms with Gasteiger partial charge >= 0.3 is 11.9 Å². The molecule has 5 nitrogen and oxygen atoms in total. The Labute approximate surface area is 213 Å². The average molecular weight is 487 g/mol. The van der Waals surface area contributed by atoms with E-state index in [1.165, 1.54) is 0 Å². The van der Waals surface area contributed by atoms with Crippen LogP contribution in [0.3, 0.4) is 0 Å². The second-order valence-corrected chi connectivity index (χ2v) is 8.96. The molecule has 3 aromatic rings. The summed E-state index contributed by atoms with van der Waals surface area (Å²) in [5, 5.41) is 18.3. The smallest absolute Gasteiger partial charge is 0.335 e. The first-order chi connectivity index (χ1) is 17.5. The van der Waals surface area contributed by atoms with Crippen LogP contribution in [-0.2, 0) is 12.8 Å². The number of hydrogen-bond acceptors (Lipinski definition) is 3. The van der Waals surface area contributed by atoms with Gasteiger partial charge in [0.15, 0.2) is 0 Å². The second kappa shape index (κ2) is 13.9. The highest BCUT2D eigenvalue weighted by atomic mass is 16.5. The summed E-state index contributed by atoms with van der Waals surface area (Å²) in [4.78, 5) is 22.3. The molecule has 0 aliphatic carbocycles. The third-order valence-corrected chi connectivity index (χ3v) is 6.18. The summed E-state index contributed by atoms with van der Waals surface area (Å²) in [6, 6.07) is 22.1. The molecular formula is C31H34O5. The van der Waals surface area contributed by atoms with Crippen molar-refractivity contribution in [3.63, 3.8) is 0 Å². The van der Waals surface area contributed by atoms with Gasteiger partial charge in [-0.05, 0) is 73.1 Å². The predicted octanol–water partition coefficient (Wildman–Crippen LogP) is 7.16. The Morgan fingerprint density at radius 2 is 1.44 bits per heavy atom. The molecule has 3 aromatic carbocycles. The number of para-hydroxylation sites is 1. The molecular weight excluding hydrogens is 452 g/mol. The SMILES string of the molecule is CCCCCOc1ccccc1/C=C/C(CCc1ccc(C(=O)O)cc1)Cc1ccc(C(=O)O)cc1. The van der Waals surface area contributed by atoms with Gasteiger partial charge in [-0.3, -0.25) is 0 Å². The first kappa shape index (κ1) is 26.7. The van der Waals surface area contributed by atoms with Gasteiger partial charge in [0, 0.05) is 5.56 Å². The average Bonchev–Trinajstić information content (AvgIpc) is 2.89. The van der Waals surface area contributed by atoms with Gasteiger partial charge in [0.25, 0.3) is 0 Å². The first-order valence-corrected chi connectivity index (χ1v) is 12.5. The Morgan fingerprint density at radius 3 is 2.06 bits per heavy atom. The number of rotatable bonds is 14.